The zero-order chi connectivity index (χ0) is 17.2. The lowest BCUT2D eigenvalue weighted by atomic mass is 10.1. The Hall–Kier alpha value is -0.960. The van der Waals surface area contributed by atoms with E-state index in [1.807, 2.05) is 43.0 Å². The molecular formula is C18H29IN4OS. The van der Waals surface area contributed by atoms with E-state index in [1.54, 1.807) is 0 Å². The summed E-state index contributed by atoms with van der Waals surface area (Å²) >= 11 is 2.04. The van der Waals surface area contributed by atoms with Crippen molar-refractivity contribution in [2.45, 2.75) is 38.5 Å². The van der Waals surface area contributed by atoms with Crippen molar-refractivity contribution in [2.75, 3.05) is 25.4 Å². The van der Waals surface area contributed by atoms with Crippen molar-refractivity contribution in [3.63, 3.8) is 0 Å². The highest BCUT2D eigenvalue weighted by molar-refractivity contribution is 14.0. The van der Waals surface area contributed by atoms with Gasteiger partial charge in [-0.2, -0.15) is 11.8 Å². The van der Waals surface area contributed by atoms with Crippen molar-refractivity contribution in [1.29, 1.82) is 0 Å². The van der Waals surface area contributed by atoms with Gasteiger partial charge in [0.05, 0.1) is 6.54 Å². The molecule has 5 nitrogen and oxygen atoms in total. The second kappa shape index (κ2) is 12.4. The van der Waals surface area contributed by atoms with Crippen molar-refractivity contribution < 1.29 is 4.79 Å². The SMILES string of the molecule is CCNC(=O)c1cccc(CN=C(NCC)NCC2CCCS2)c1.I. The van der Waals surface area contributed by atoms with E-state index >= 15 is 0 Å². The Labute approximate surface area is 172 Å². The van der Waals surface area contributed by atoms with Crippen LogP contribution in [-0.4, -0.2) is 42.5 Å². The van der Waals surface area contributed by atoms with Gasteiger partial charge in [0.1, 0.15) is 0 Å². The summed E-state index contributed by atoms with van der Waals surface area (Å²) in [4.78, 5) is 16.6. The Morgan fingerprint density at radius 3 is 2.72 bits per heavy atom. The highest BCUT2D eigenvalue weighted by Crippen LogP contribution is 2.25. The first kappa shape index (κ1) is 22.1. The molecule has 140 valence electrons. The van der Waals surface area contributed by atoms with Crippen molar-refractivity contribution in [3.05, 3.63) is 35.4 Å². The van der Waals surface area contributed by atoms with E-state index in [1.165, 1.54) is 18.6 Å². The van der Waals surface area contributed by atoms with Crippen LogP contribution < -0.4 is 16.0 Å². The van der Waals surface area contributed by atoms with Crippen LogP contribution >= 0.6 is 35.7 Å². The number of aliphatic imine (C=N–C) groups is 1. The van der Waals surface area contributed by atoms with Gasteiger partial charge in [-0.25, -0.2) is 4.99 Å². The average Bonchev–Trinajstić information content (AvgIpc) is 3.11. The van der Waals surface area contributed by atoms with Crippen LogP contribution in [0, 0.1) is 0 Å². The Morgan fingerprint density at radius 2 is 2.04 bits per heavy atom. The molecule has 7 heteroatoms. The molecule has 0 aliphatic carbocycles. The van der Waals surface area contributed by atoms with Gasteiger partial charge in [0.25, 0.3) is 5.91 Å². The standard InChI is InChI=1S/C18H28N4OS.HI/c1-3-19-17(23)15-8-5-7-14(11-15)12-21-18(20-4-2)22-13-16-9-6-10-24-16;/h5,7-8,11,16H,3-4,6,9-10,12-13H2,1-2H3,(H,19,23)(H2,20,21,22);1H. The van der Waals surface area contributed by atoms with E-state index in [0.29, 0.717) is 23.9 Å². The van der Waals surface area contributed by atoms with Gasteiger partial charge in [-0.1, -0.05) is 12.1 Å². The Morgan fingerprint density at radius 1 is 1.24 bits per heavy atom. The predicted molar refractivity (Wildman–Crippen MR) is 118 cm³/mol. The van der Waals surface area contributed by atoms with Crippen LogP contribution in [0.2, 0.25) is 0 Å². The molecule has 1 atom stereocenters. The van der Waals surface area contributed by atoms with Crippen molar-refractivity contribution in [1.82, 2.24) is 16.0 Å². The van der Waals surface area contributed by atoms with Gasteiger partial charge >= 0.3 is 0 Å². The van der Waals surface area contributed by atoms with Crippen molar-refractivity contribution >= 4 is 47.6 Å². The van der Waals surface area contributed by atoms with Crippen LogP contribution in [0.25, 0.3) is 0 Å². The van der Waals surface area contributed by atoms with E-state index in [0.717, 1.165) is 24.6 Å². The summed E-state index contributed by atoms with van der Waals surface area (Å²) in [6, 6.07) is 7.65. The molecule has 1 aliphatic rings. The summed E-state index contributed by atoms with van der Waals surface area (Å²) in [5, 5.41) is 10.2. The molecule has 1 heterocycles. The maximum absolute atomic E-state index is 11.9. The normalized spacial score (nSPS) is 16.9. The molecule has 1 aromatic rings. The number of guanidine groups is 1. The first-order valence-corrected chi connectivity index (χ1v) is 9.78. The zero-order valence-corrected chi connectivity index (χ0v) is 18.2. The maximum atomic E-state index is 11.9. The monoisotopic (exact) mass is 476 g/mol. The minimum Gasteiger partial charge on any atom is -0.357 e. The molecule has 1 unspecified atom stereocenters. The first-order chi connectivity index (χ1) is 11.7. The molecule has 3 N–H and O–H groups in total. The fourth-order valence-corrected chi connectivity index (χ4v) is 3.80. The second-order valence-electron chi connectivity index (χ2n) is 5.77. The molecule has 1 aromatic carbocycles. The van der Waals surface area contributed by atoms with Gasteiger partial charge < -0.3 is 16.0 Å². The number of benzene rings is 1. The number of hydrogen-bond donors (Lipinski definition) is 3. The van der Waals surface area contributed by atoms with Crippen molar-refractivity contribution in [3.8, 4) is 0 Å². The summed E-state index contributed by atoms with van der Waals surface area (Å²) < 4.78 is 0. The number of nitrogens with one attached hydrogen (secondary N) is 3. The third-order valence-electron chi connectivity index (χ3n) is 3.81. The van der Waals surface area contributed by atoms with Crippen LogP contribution in [0.1, 0.15) is 42.6 Å². The lowest BCUT2D eigenvalue weighted by Gasteiger charge is -2.14. The van der Waals surface area contributed by atoms with Crippen LogP contribution in [0.15, 0.2) is 29.3 Å². The number of carbonyl (C=O) groups excluding carboxylic acids is 1. The van der Waals surface area contributed by atoms with E-state index in [9.17, 15) is 4.79 Å². The van der Waals surface area contributed by atoms with Gasteiger partial charge in [-0.3, -0.25) is 4.79 Å². The van der Waals surface area contributed by atoms with Crippen LogP contribution in [0.4, 0.5) is 0 Å². The van der Waals surface area contributed by atoms with Crippen LogP contribution in [0.3, 0.4) is 0 Å². The number of amides is 1. The predicted octanol–water partition coefficient (Wildman–Crippen LogP) is 3.01. The van der Waals surface area contributed by atoms with E-state index < -0.39 is 0 Å². The largest absolute Gasteiger partial charge is 0.357 e. The highest BCUT2D eigenvalue weighted by Gasteiger charge is 2.15. The number of rotatable bonds is 7. The minimum atomic E-state index is -0.0355. The summed E-state index contributed by atoms with van der Waals surface area (Å²) in [6.45, 7) is 6.97. The summed E-state index contributed by atoms with van der Waals surface area (Å²) in [7, 11) is 0. The molecule has 0 spiro atoms. The average molecular weight is 476 g/mol. The fraction of sp³-hybridized carbons (Fsp3) is 0.556. The topological polar surface area (TPSA) is 65.5 Å². The van der Waals surface area contributed by atoms with Gasteiger partial charge in [-0.15, -0.1) is 24.0 Å². The van der Waals surface area contributed by atoms with Gasteiger partial charge in [-0.05, 0) is 50.1 Å². The molecule has 25 heavy (non-hydrogen) atoms. The molecule has 2 rings (SSSR count). The first-order valence-electron chi connectivity index (χ1n) is 8.73. The summed E-state index contributed by atoms with van der Waals surface area (Å²) in [5.41, 5.74) is 1.72. The number of thioether (sulfide) groups is 1. The molecule has 0 saturated carbocycles. The Bertz CT molecular complexity index is 562. The lowest BCUT2D eigenvalue weighted by Crippen LogP contribution is -2.40. The Kier molecular flexibility index (Phi) is 11.0. The number of hydrogen-bond acceptors (Lipinski definition) is 3. The quantitative estimate of drug-likeness (QED) is 0.322. The van der Waals surface area contributed by atoms with Crippen LogP contribution in [0.5, 0.6) is 0 Å². The minimum absolute atomic E-state index is 0. The summed E-state index contributed by atoms with van der Waals surface area (Å²) in [5.74, 6) is 2.08. The molecule has 1 amide bonds. The third kappa shape index (κ3) is 7.85. The molecule has 1 fully saturated rings. The number of halogens is 1. The lowest BCUT2D eigenvalue weighted by molar-refractivity contribution is 0.0955. The molecule has 1 aliphatic heterocycles. The van der Waals surface area contributed by atoms with E-state index in [4.69, 9.17) is 0 Å². The molecule has 0 radical (unpaired) electrons. The van der Waals surface area contributed by atoms with Gasteiger partial charge in [0.15, 0.2) is 5.96 Å². The maximum Gasteiger partial charge on any atom is 0.251 e. The summed E-state index contributed by atoms with van der Waals surface area (Å²) in [6.07, 6.45) is 2.60. The highest BCUT2D eigenvalue weighted by atomic mass is 127. The zero-order valence-electron chi connectivity index (χ0n) is 15.0. The fourth-order valence-electron chi connectivity index (χ4n) is 2.60. The second-order valence-corrected chi connectivity index (χ2v) is 7.18. The van der Waals surface area contributed by atoms with Crippen molar-refractivity contribution in [2.24, 2.45) is 4.99 Å². The van der Waals surface area contributed by atoms with E-state index in [-0.39, 0.29) is 29.9 Å². The van der Waals surface area contributed by atoms with Gasteiger partial charge in [0.2, 0.25) is 0 Å². The molecule has 0 bridgehead atoms. The third-order valence-corrected chi connectivity index (χ3v) is 5.21. The number of carbonyl (C=O) groups is 1. The molecule has 1 saturated heterocycles. The van der Waals surface area contributed by atoms with E-state index in [2.05, 4.69) is 27.9 Å². The number of nitrogens with zero attached hydrogens (tertiary/aromatic N) is 1. The van der Waals surface area contributed by atoms with Crippen LogP contribution in [-0.2, 0) is 6.54 Å². The molecule has 0 aromatic heterocycles. The molecular weight excluding hydrogens is 447 g/mol. The Balaban J connectivity index is 0.00000312. The van der Waals surface area contributed by atoms with Gasteiger partial charge in [0, 0.05) is 30.4 Å². The smallest absolute Gasteiger partial charge is 0.251 e.